The number of hydrogen-bond acceptors (Lipinski definition) is 3. The summed E-state index contributed by atoms with van der Waals surface area (Å²) < 4.78 is 0. The van der Waals surface area contributed by atoms with Crippen molar-refractivity contribution in [2.75, 3.05) is 18.9 Å². The van der Waals surface area contributed by atoms with Crippen molar-refractivity contribution < 1.29 is 9.59 Å². The molecular formula is C18H28ClN3O2. The Bertz CT molecular complexity index is 561. The zero-order valence-corrected chi connectivity index (χ0v) is 15.5. The van der Waals surface area contributed by atoms with Crippen molar-refractivity contribution in [3.05, 3.63) is 28.8 Å². The summed E-state index contributed by atoms with van der Waals surface area (Å²) in [6, 6.07) is 5.04. The number of nitrogens with zero attached hydrogens (tertiary/aromatic N) is 1. The monoisotopic (exact) mass is 353 g/mol. The van der Waals surface area contributed by atoms with Gasteiger partial charge in [-0.25, -0.2) is 0 Å². The molecule has 1 rings (SSSR count). The normalized spacial score (nSPS) is 10.8. The highest BCUT2D eigenvalue weighted by Crippen LogP contribution is 2.24. The first-order chi connectivity index (χ1) is 11.4. The molecule has 1 aromatic rings. The van der Waals surface area contributed by atoms with Crippen LogP contribution in [0.5, 0.6) is 0 Å². The number of nitrogens with one attached hydrogen (secondary N) is 1. The van der Waals surface area contributed by atoms with Crippen molar-refractivity contribution in [3.8, 4) is 0 Å². The quantitative estimate of drug-likeness (QED) is 0.665. The average Bonchev–Trinajstić information content (AvgIpc) is 2.55. The molecule has 0 fully saturated rings. The van der Waals surface area contributed by atoms with E-state index in [1.807, 2.05) is 13.8 Å². The number of carbonyl (C=O) groups excluding carboxylic acids is 2. The summed E-state index contributed by atoms with van der Waals surface area (Å²) in [5.41, 5.74) is 6.43. The van der Waals surface area contributed by atoms with E-state index in [2.05, 4.69) is 5.32 Å². The predicted molar refractivity (Wildman–Crippen MR) is 99.5 cm³/mol. The lowest BCUT2D eigenvalue weighted by atomic mass is 10.1. The van der Waals surface area contributed by atoms with Crippen LogP contribution < -0.4 is 11.1 Å². The number of unbranched alkanes of at least 4 members (excludes halogenated alkanes) is 3. The van der Waals surface area contributed by atoms with E-state index >= 15 is 0 Å². The molecule has 3 N–H and O–H groups in total. The lowest BCUT2D eigenvalue weighted by Crippen LogP contribution is -2.33. The number of carbonyl (C=O) groups is 2. The Hall–Kier alpha value is -1.59. The maximum atomic E-state index is 12.4. The minimum atomic E-state index is -0.0982. The minimum Gasteiger partial charge on any atom is -0.339 e. The van der Waals surface area contributed by atoms with E-state index in [0.29, 0.717) is 29.2 Å². The number of benzene rings is 1. The van der Waals surface area contributed by atoms with E-state index in [4.69, 9.17) is 17.3 Å². The Kier molecular flexibility index (Phi) is 8.79. The number of anilines is 1. The molecule has 0 saturated carbocycles. The number of nitrogens with two attached hydrogens (primary N) is 1. The topological polar surface area (TPSA) is 75.4 Å². The number of rotatable bonds is 9. The third-order valence-corrected chi connectivity index (χ3v) is 4.27. The highest BCUT2D eigenvalue weighted by atomic mass is 35.5. The van der Waals surface area contributed by atoms with Gasteiger partial charge >= 0.3 is 0 Å². The summed E-state index contributed by atoms with van der Waals surface area (Å²) in [6.07, 6.45) is 4.26. The molecule has 24 heavy (non-hydrogen) atoms. The first kappa shape index (κ1) is 20.5. The molecule has 0 aliphatic rings. The zero-order valence-electron chi connectivity index (χ0n) is 14.8. The minimum absolute atomic E-state index is 0.0912. The standard InChI is InChI=1S/C18H28ClN3O2/c1-13(2)22(3)18(24)14-9-10-15(19)16(12-14)21-17(23)8-6-4-5-7-11-20/h9-10,12-13H,4-8,11,20H2,1-3H3,(H,21,23). The number of amides is 2. The number of hydrogen-bond donors (Lipinski definition) is 2. The van der Waals surface area contributed by atoms with Crippen LogP contribution in [0.1, 0.15) is 56.3 Å². The molecular weight excluding hydrogens is 326 g/mol. The molecule has 0 unspecified atom stereocenters. The highest BCUT2D eigenvalue weighted by molar-refractivity contribution is 6.33. The van der Waals surface area contributed by atoms with Crippen LogP contribution in [0.2, 0.25) is 5.02 Å². The van der Waals surface area contributed by atoms with Crippen LogP contribution in [0.3, 0.4) is 0 Å². The highest BCUT2D eigenvalue weighted by Gasteiger charge is 2.16. The lowest BCUT2D eigenvalue weighted by Gasteiger charge is -2.22. The molecule has 5 nitrogen and oxygen atoms in total. The van der Waals surface area contributed by atoms with E-state index in [0.717, 1.165) is 25.7 Å². The average molecular weight is 354 g/mol. The van der Waals surface area contributed by atoms with Crippen LogP contribution in [-0.2, 0) is 4.79 Å². The van der Waals surface area contributed by atoms with Gasteiger partial charge < -0.3 is 16.0 Å². The molecule has 0 aliphatic carbocycles. The van der Waals surface area contributed by atoms with Gasteiger partial charge in [0.2, 0.25) is 5.91 Å². The Morgan fingerprint density at radius 3 is 2.50 bits per heavy atom. The van der Waals surface area contributed by atoms with Gasteiger partial charge in [-0.05, 0) is 51.4 Å². The van der Waals surface area contributed by atoms with Crippen LogP contribution in [0.25, 0.3) is 0 Å². The van der Waals surface area contributed by atoms with E-state index in [1.54, 1.807) is 30.1 Å². The van der Waals surface area contributed by atoms with Crippen molar-refractivity contribution in [3.63, 3.8) is 0 Å². The summed E-state index contributed by atoms with van der Waals surface area (Å²) in [6.45, 7) is 4.58. The van der Waals surface area contributed by atoms with E-state index in [-0.39, 0.29) is 17.9 Å². The molecule has 0 heterocycles. The van der Waals surface area contributed by atoms with Gasteiger partial charge in [-0.1, -0.05) is 24.4 Å². The van der Waals surface area contributed by atoms with Crippen LogP contribution in [0, 0.1) is 0 Å². The van der Waals surface area contributed by atoms with Gasteiger partial charge in [-0.2, -0.15) is 0 Å². The van der Waals surface area contributed by atoms with Crippen LogP contribution in [-0.4, -0.2) is 36.3 Å². The summed E-state index contributed by atoms with van der Waals surface area (Å²) in [7, 11) is 1.75. The van der Waals surface area contributed by atoms with Gasteiger partial charge in [-0.15, -0.1) is 0 Å². The van der Waals surface area contributed by atoms with Gasteiger partial charge in [0.05, 0.1) is 10.7 Å². The van der Waals surface area contributed by atoms with Gasteiger partial charge in [0.1, 0.15) is 0 Å². The SMILES string of the molecule is CC(C)N(C)C(=O)c1ccc(Cl)c(NC(=O)CCCCCCN)c1. The second kappa shape index (κ2) is 10.3. The lowest BCUT2D eigenvalue weighted by molar-refractivity contribution is -0.116. The van der Waals surface area contributed by atoms with Crippen molar-refractivity contribution >= 4 is 29.1 Å². The van der Waals surface area contributed by atoms with Crippen molar-refractivity contribution in [2.45, 2.75) is 52.0 Å². The molecule has 0 radical (unpaired) electrons. The largest absolute Gasteiger partial charge is 0.339 e. The molecule has 0 bridgehead atoms. The molecule has 2 amide bonds. The third kappa shape index (κ3) is 6.49. The smallest absolute Gasteiger partial charge is 0.253 e. The second-order valence-corrected chi connectivity index (χ2v) is 6.61. The van der Waals surface area contributed by atoms with Crippen LogP contribution in [0.4, 0.5) is 5.69 Å². The summed E-state index contributed by atoms with van der Waals surface area (Å²) in [4.78, 5) is 26.0. The summed E-state index contributed by atoms with van der Waals surface area (Å²) in [5, 5.41) is 3.22. The Labute approximate surface area is 149 Å². The van der Waals surface area contributed by atoms with E-state index in [9.17, 15) is 9.59 Å². The molecule has 0 saturated heterocycles. The Balaban J connectivity index is 2.66. The van der Waals surface area contributed by atoms with Crippen molar-refractivity contribution in [1.29, 1.82) is 0 Å². The van der Waals surface area contributed by atoms with Crippen LogP contribution in [0.15, 0.2) is 18.2 Å². The van der Waals surface area contributed by atoms with Crippen molar-refractivity contribution in [2.24, 2.45) is 5.73 Å². The fourth-order valence-electron chi connectivity index (χ4n) is 2.19. The van der Waals surface area contributed by atoms with Crippen molar-refractivity contribution in [1.82, 2.24) is 4.90 Å². The second-order valence-electron chi connectivity index (χ2n) is 6.21. The molecule has 6 heteroatoms. The predicted octanol–water partition coefficient (Wildman–Crippen LogP) is 3.67. The molecule has 0 atom stereocenters. The molecule has 0 aliphatic heterocycles. The van der Waals surface area contributed by atoms with Gasteiger partial charge in [0.15, 0.2) is 0 Å². The Morgan fingerprint density at radius 1 is 1.21 bits per heavy atom. The maximum Gasteiger partial charge on any atom is 0.253 e. The summed E-state index contributed by atoms with van der Waals surface area (Å²) >= 11 is 6.14. The maximum absolute atomic E-state index is 12.4. The molecule has 134 valence electrons. The molecule has 0 aromatic heterocycles. The van der Waals surface area contributed by atoms with Gasteiger partial charge in [-0.3, -0.25) is 9.59 Å². The van der Waals surface area contributed by atoms with E-state index in [1.165, 1.54) is 0 Å². The number of halogens is 1. The van der Waals surface area contributed by atoms with E-state index < -0.39 is 0 Å². The van der Waals surface area contributed by atoms with Gasteiger partial charge in [0, 0.05) is 25.1 Å². The third-order valence-electron chi connectivity index (χ3n) is 3.94. The van der Waals surface area contributed by atoms with Crippen LogP contribution >= 0.6 is 11.6 Å². The molecule has 0 spiro atoms. The fourth-order valence-corrected chi connectivity index (χ4v) is 2.35. The first-order valence-corrected chi connectivity index (χ1v) is 8.81. The van der Waals surface area contributed by atoms with Gasteiger partial charge in [0.25, 0.3) is 5.91 Å². The first-order valence-electron chi connectivity index (χ1n) is 8.43. The summed E-state index contributed by atoms with van der Waals surface area (Å²) in [5.74, 6) is -0.189. The fraction of sp³-hybridized carbons (Fsp3) is 0.556. The zero-order chi connectivity index (χ0) is 18.1. The Morgan fingerprint density at radius 2 is 1.88 bits per heavy atom. The molecule has 1 aromatic carbocycles.